The number of rotatable bonds is 6. The van der Waals surface area contributed by atoms with E-state index in [0.717, 1.165) is 0 Å². The van der Waals surface area contributed by atoms with Gasteiger partial charge in [-0.2, -0.15) is 5.10 Å². The smallest absolute Gasteiger partial charge is 0.277 e. The third-order valence-electron chi connectivity index (χ3n) is 2.05. The van der Waals surface area contributed by atoms with E-state index in [1.807, 2.05) is 0 Å². The maximum Gasteiger partial charge on any atom is 0.277 e. The van der Waals surface area contributed by atoms with E-state index in [1.54, 1.807) is 19.1 Å². The van der Waals surface area contributed by atoms with Crippen molar-refractivity contribution in [1.29, 1.82) is 0 Å². The summed E-state index contributed by atoms with van der Waals surface area (Å²) < 4.78 is 5.20. The van der Waals surface area contributed by atoms with E-state index >= 15 is 0 Å². The average molecular weight is 318 g/mol. The second kappa shape index (κ2) is 7.72. The second-order valence-electron chi connectivity index (χ2n) is 3.89. The van der Waals surface area contributed by atoms with Crippen LogP contribution in [0, 0.1) is 0 Å². The fourth-order valence-electron chi connectivity index (χ4n) is 1.22. The van der Waals surface area contributed by atoms with Gasteiger partial charge in [0.05, 0.1) is 11.4 Å². The van der Waals surface area contributed by atoms with Gasteiger partial charge in [-0.3, -0.25) is 9.59 Å². The van der Waals surface area contributed by atoms with Crippen molar-refractivity contribution < 1.29 is 14.3 Å². The molecule has 0 aliphatic heterocycles. The maximum absolute atomic E-state index is 11.5. The normalized spacial score (nSPS) is 11.1. The number of hydrogen-bond acceptors (Lipinski definition) is 4. The van der Waals surface area contributed by atoms with Gasteiger partial charge >= 0.3 is 0 Å². The van der Waals surface area contributed by atoms with Crippen molar-refractivity contribution in [3.05, 3.63) is 28.2 Å². The number of nitrogens with zero attached hydrogens (tertiary/aromatic N) is 1. The molecule has 3 N–H and O–H groups in total. The van der Waals surface area contributed by atoms with Crippen molar-refractivity contribution in [2.45, 2.75) is 13.3 Å². The number of primary amides is 1. The van der Waals surface area contributed by atoms with Gasteiger partial charge in [0.25, 0.3) is 5.91 Å². The van der Waals surface area contributed by atoms with Crippen LogP contribution in [0.25, 0.3) is 0 Å². The summed E-state index contributed by atoms with van der Waals surface area (Å²) in [5.74, 6) is -0.673. The molecule has 6 nitrogen and oxygen atoms in total. The largest absolute Gasteiger partial charge is 0.482 e. The molecular formula is C12H13Cl2N3O3. The second-order valence-corrected chi connectivity index (χ2v) is 4.73. The zero-order chi connectivity index (χ0) is 15.1. The van der Waals surface area contributed by atoms with E-state index < -0.39 is 11.8 Å². The van der Waals surface area contributed by atoms with Crippen LogP contribution in [-0.2, 0) is 9.59 Å². The predicted octanol–water partition coefficient (Wildman–Crippen LogP) is 1.74. The van der Waals surface area contributed by atoms with Crippen molar-refractivity contribution in [2.24, 2.45) is 10.8 Å². The van der Waals surface area contributed by atoms with Crippen molar-refractivity contribution in [3.8, 4) is 5.75 Å². The minimum absolute atomic E-state index is 0.0237. The summed E-state index contributed by atoms with van der Waals surface area (Å²) in [7, 11) is 0. The van der Waals surface area contributed by atoms with Gasteiger partial charge in [0, 0.05) is 10.7 Å². The number of hydrogen-bond donors (Lipinski definition) is 2. The standard InChI is InChI=1S/C12H13Cl2N3O3/c1-7(4-11(15)18)16-17-12(19)6-20-10-3-2-8(13)5-9(10)14/h2-3,5H,4,6H2,1H3,(H2,15,18)(H,17,19)/b16-7-. The monoisotopic (exact) mass is 317 g/mol. The van der Waals surface area contributed by atoms with E-state index in [4.69, 9.17) is 33.7 Å². The highest BCUT2D eigenvalue weighted by molar-refractivity contribution is 6.35. The van der Waals surface area contributed by atoms with E-state index in [-0.39, 0.29) is 13.0 Å². The van der Waals surface area contributed by atoms with Gasteiger partial charge in [0.2, 0.25) is 5.91 Å². The van der Waals surface area contributed by atoms with E-state index in [9.17, 15) is 9.59 Å². The molecule has 0 aromatic heterocycles. The maximum atomic E-state index is 11.5. The Morgan fingerprint density at radius 3 is 2.70 bits per heavy atom. The van der Waals surface area contributed by atoms with Crippen LogP contribution < -0.4 is 15.9 Å². The fourth-order valence-corrected chi connectivity index (χ4v) is 1.68. The average Bonchev–Trinajstić information content (AvgIpc) is 2.34. The van der Waals surface area contributed by atoms with Gasteiger partial charge in [-0.15, -0.1) is 0 Å². The Hall–Kier alpha value is -1.79. The summed E-state index contributed by atoms with van der Waals surface area (Å²) in [5, 5.41) is 4.47. The van der Waals surface area contributed by atoms with Crippen molar-refractivity contribution >= 4 is 40.7 Å². The fraction of sp³-hybridized carbons (Fsp3) is 0.250. The van der Waals surface area contributed by atoms with Crippen LogP contribution in [0.2, 0.25) is 10.0 Å². The molecule has 0 unspecified atom stereocenters. The number of amides is 2. The Morgan fingerprint density at radius 1 is 1.40 bits per heavy atom. The first-order valence-corrected chi connectivity index (χ1v) is 6.32. The molecule has 2 amide bonds. The Kier molecular flexibility index (Phi) is 6.27. The number of benzene rings is 1. The molecule has 0 saturated heterocycles. The molecule has 1 aromatic carbocycles. The molecule has 0 atom stereocenters. The molecule has 108 valence electrons. The van der Waals surface area contributed by atoms with Gasteiger partial charge in [-0.25, -0.2) is 5.43 Å². The summed E-state index contributed by atoms with van der Waals surface area (Å²) in [5.41, 5.74) is 7.62. The molecule has 0 aliphatic carbocycles. The SMILES string of the molecule is C/C(CC(N)=O)=N/NC(=O)COc1ccc(Cl)cc1Cl. The summed E-state index contributed by atoms with van der Waals surface area (Å²) in [6, 6.07) is 4.65. The Balaban J connectivity index is 2.45. The van der Waals surface area contributed by atoms with Crippen molar-refractivity contribution in [2.75, 3.05) is 6.61 Å². The number of ether oxygens (including phenoxy) is 1. The lowest BCUT2D eigenvalue weighted by Crippen LogP contribution is -2.26. The molecule has 0 spiro atoms. The summed E-state index contributed by atoms with van der Waals surface area (Å²) in [6.07, 6.45) is -0.0237. The lowest BCUT2D eigenvalue weighted by molar-refractivity contribution is -0.123. The predicted molar refractivity (Wildman–Crippen MR) is 77.0 cm³/mol. The van der Waals surface area contributed by atoms with Gasteiger partial charge in [0.15, 0.2) is 6.61 Å². The molecule has 0 bridgehead atoms. The quantitative estimate of drug-likeness (QED) is 0.618. The topological polar surface area (TPSA) is 93.8 Å². The van der Waals surface area contributed by atoms with E-state index in [1.165, 1.54) is 6.07 Å². The summed E-state index contributed by atoms with van der Waals surface area (Å²) >= 11 is 11.6. The molecule has 20 heavy (non-hydrogen) atoms. The molecule has 8 heteroatoms. The molecule has 0 aliphatic rings. The van der Waals surface area contributed by atoms with Gasteiger partial charge in [-0.1, -0.05) is 23.2 Å². The van der Waals surface area contributed by atoms with Gasteiger partial charge < -0.3 is 10.5 Å². The molecule has 0 radical (unpaired) electrons. The lowest BCUT2D eigenvalue weighted by atomic mass is 10.3. The van der Waals surface area contributed by atoms with Crippen molar-refractivity contribution in [3.63, 3.8) is 0 Å². The minimum atomic E-state index is -0.523. The number of carbonyl (C=O) groups is 2. The third-order valence-corrected chi connectivity index (χ3v) is 2.58. The number of carbonyl (C=O) groups excluding carboxylic acids is 2. The zero-order valence-electron chi connectivity index (χ0n) is 10.7. The minimum Gasteiger partial charge on any atom is -0.482 e. The van der Waals surface area contributed by atoms with Crippen LogP contribution in [-0.4, -0.2) is 24.1 Å². The molecular weight excluding hydrogens is 305 g/mol. The van der Waals surface area contributed by atoms with Gasteiger partial charge in [0.1, 0.15) is 5.75 Å². The number of hydrazone groups is 1. The Labute approximate surface area is 125 Å². The highest BCUT2D eigenvalue weighted by Gasteiger charge is 2.06. The van der Waals surface area contributed by atoms with Crippen LogP contribution in [0.3, 0.4) is 0 Å². The Bertz CT molecular complexity index is 547. The Morgan fingerprint density at radius 2 is 2.10 bits per heavy atom. The van der Waals surface area contributed by atoms with Crippen LogP contribution in [0.1, 0.15) is 13.3 Å². The molecule has 0 saturated carbocycles. The summed E-state index contributed by atoms with van der Waals surface area (Å²) in [6.45, 7) is 1.30. The first kappa shape index (κ1) is 16.3. The van der Waals surface area contributed by atoms with E-state index in [0.29, 0.717) is 21.5 Å². The van der Waals surface area contributed by atoms with Crippen LogP contribution >= 0.6 is 23.2 Å². The first-order valence-electron chi connectivity index (χ1n) is 5.56. The number of nitrogens with two attached hydrogens (primary N) is 1. The lowest BCUT2D eigenvalue weighted by Gasteiger charge is -2.07. The molecule has 0 heterocycles. The number of nitrogens with one attached hydrogen (secondary N) is 1. The highest BCUT2D eigenvalue weighted by atomic mass is 35.5. The molecule has 0 fully saturated rings. The third kappa shape index (κ3) is 5.90. The van der Waals surface area contributed by atoms with Gasteiger partial charge in [-0.05, 0) is 25.1 Å². The zero-order valence-corrected chi connectivity index (χ0v) is 12.2. The van der Waals surface area contributed by atoms with Crippen molar-refractivity contribution in [1.82, 2.24) is 5.43 Å². The molecule has 1 aromatic rings. The summed E-state index contributed by atoms with van der Waals surface area (Å²) in [4.78, 5) is 22.1. The van der Waals surface area contributed by atoms with E-state index in [2.05, 4.69) is 10.5 Å². The van der Waals surface area contributed by atoms with Crippen LogP contribution in [0.4, 0.5) is 0 Å². The highest BCUT2D eigenvalue weighted by Crippen LogP contribution is 2.27. The van der Waals surface area contributed by atoms with Crippen LogP contribution in [0.5, 0.6) is 5.75 Å². The first-order chi connectivity index (χ1) is 9.38. The number of halogens is 2. The van der Waals surface area contributed by atoms with Crippen LogP contribution in [0.15, 0.2) is 23.3 Å². The molecule has 1 rings (SSSR count).